The summed E-state index contributed by atoms with van der Waals surface area (Å²) in [6.45, 7) is 2.13. The van der Waals surface area contributed by atoms with Crippen LogP contribution in [0.15, 0.2) is 48.5 Å². The van der Waals surface area contributed by atoms with Gasteiger partial charge in [-0.1, -0.05) is 11.6 Å². The summed E-state index contributed by atoms with van der Waals surface area (Å²) < 4.78 is 13.0. The van der Waals surface area contributed by atoms with Crippen LogP contribution in [-0.4, -0.2) is 48.1 Å². The minimum absolute atomic E-state index is 0.242. The molecule has 0 unspecified atom stereocenters. The van der Waals surface area contributed by atoms with Crippen molar-refractivity contribution in [2.24, 2.45) is 5.73 Å². The first kappa shape index (κ1) is 20.7. The third-order valence-electron chi connectivity index (χ3n) is 5.00. The van der Waals surface area contributed by atoms with Crippen molar-refractivity contribution in [1.29, 1.82) is 0 Å². The topological polar surface area (TPSA) is 104 Å². The van der Waals surface area contributed by atoms with Crippen LogP contribution < -0.4 is 21.3 Å². The predicted molar refractivity (Wildman–Crippen MR) is 119 cm³/mol. The lowest BCUT2D eigenvalue weighted by atomic mass is 10.1. The number of carbonyl (C=O) groups excluding carboxylic acids is 2. The van der Waals surface area contributed by atoms with E-state index in [-0.39, 0.29) is 11.8 Å². The fourth-order valence-corrected chi connectivity index (χ4v) is 3.69. The third kappa shape index (κ3) is 4.77. The Bertz CT molecular complexity index is 1130. The van der Waals surface area contributed by atoms with Crippen molar-refractivity contribution in [3.8, 4) is 0 Å². The van der Waals surface area contributed by atoms with Gasteiger partial charge in [0.2, 0.25) is 0 Å². The monoisotopic (exact) mass is 442 g/mol. The van der Waals surface area contributed by atoms with Crippen molar-refractivity contribution in [3.63, 3.8) is 0 Å². The smallest absolute Gasteiger partial charge is 0.321 e. The van der Waals surface area contributed by atoms with Crippen LogP contribution in [0.25, 0.3) is 10.9 Å². The lowest BCUT2D eigenvalue weighted by Gasteiger charge is -2.36. The fourth-order valence-electron chi connectivity index (χ4n) is 3.52. The van der Waals surface area contributed by atoms with Crippen molar-refractivity contribution in [1.82, 2.24) is 9.88 Å². The van der Waals surface area contributed by atoms with Gasteiger partial charge in [0.05, 0.1) is 5.52 Å². The van der Waals surface area contributed by atoms with Crippen LogP contribution in [0.3, 0.4) is 0 Å². The molecule has 8 nitrogen and oxygen atoms in total. The Hall–Kier alpha value is -3.59. The predicted octanol–water partition coefficient (Wildman–Crippen LogP) is 3.87. The number of hydrogen-bond donors (Lipinski definition) is 3. The van der Waals surface area contributed by atoms with E-state index in [4.69, 9.17) is 17.3 Å². The molecular weight excluding hydrogens is 423 g/mol. The number of anilines is 3. The van der Waals surface area contributed by atoms with E-state index in [2.05, 4.69) is 20.5 Å². The summed E-state index contributed by atoms with van der Waals surface area (Å²) >= 11 is 6.11. The van der Waals surface area contributed by atoms with E-state index < -0.39 is 6.03 Å². The summed E-state index contributed by atoms with van der Waals surface area (Å²) in [5.74, 6) is -0.0311. The van der Waals surface area contributed by atoms with Crippen molar-refractivity contribution in [3.05, 3.63) is 59.4 Å². The van der Waals surface area contributed by atoms with Crippen LogP contribution in [0.5, 0.6) is 0 Å². The van der Waals surface area contributed by atoms with E-state index in [1.54, 1.807) is 23.1 Å². The van der Waals surface area contributed by atoms with Gasteiger partial charge < -0.3 is 20.9 Å². The van der Waals surface area contributed by atoms with Gasteiger partial charge >= 0.3 is 12.1 Å². The Morgan fingerprint density at radius 2 is 1.71 bits per heavy atom. The number of halogens is 2. The highest BCUT2D eigenvalue weighted by atomic mass is 35.5. The zero-order valence-electron chi connectivity index (χ0n) is 16.4. The summed E-state index contributed by atoms with van der Waals surface area (Å²) in [7, 11) is 0. The second-order valence-electron chi connectivity index (χ2n) is 7.09. The highest BCUT2D eigenvalue weighted by Gasteiger charge is 2.23. The Morgan fingerprint density at radius 3 is 2.39 bits per heavy atom. The standard InChI is InChI=1S/C21H20ClFN6O2/c22-13-1-6-16-17(11-13)26-19(27-20(24)30)12-18(16)28-7-9-29(10-8-28)21(31)25-15-4-2-14(23)3-5-15/h1-6,11-12H,7-10H2,(H,25,31)(H3,24,26,27,30). The molecule has 0 atom stereocenters. The SMILES string of the molecule is NC(=O)Nc1cc(N2CCN(C(=O)Nc3ccc(F)cc3)CC2)c2ccc(Cl)cc2n1. The Morgan fingerprint density at radius 1 is 1.00 bits per heavy atom. The van der Waals surface area contributed by atoms with E-state index in [9.17, 15) is 14.0 Å². The lowest BCUT2D eigenvalue weighted by Crippen LogP contribution is -2.50. The lowest BCUT2D eigenvalue weighted by molar-refractivity contribution is 0.208. The molecule has 4 rings (SSSR count). The minimum Gasteiger partial charge on any atom is -0.367 e. The minimum atomic E-state index is -0.706. The number of pyridine rings is 1. The van der Waals surface area contributed by atoms with E-state index in [0.717, 1.165) is 11.1 Å². The molecule has 2 aromatic carbocycles. The molecule has 160 valence electrons. The molecular formula is C21H20ClFN6O2. The van der Waals surface area contributed by atoms with E-state index in [0.29, 0.717) is 48.2 Å². The third-order valence-corrected chi connectivity index (χ3v) is 5.24. The van der Waals surface area contributed by atoms with Crippen molar-refractivity contribution in [2.75, 3.05) is 41.7 Å². The summed E-state index contributed by atoms with van der Waals surface area (Å²) in [5.41, 5.74) is 7.28. The maximum absolute atomic E-state index is 13.0. The largest absolute Gasteiger partial charge is 0.367 e. The number of nitrogens with zero attached hydrogens (tertiary/aromatic N) is 3. The van der Waals surface area contributed by atoms with Gasteiger partial charge in [-0.15, -0.1) is 0 Å². The fraction of sp³-hybridized carbons (Fsp3) is 0.190. The molecule has 0 radical (unpaired) electrons. The number of amides is 4. The number of hydrogen-bond acceptors (Lipinski definition) is 4. The molecule has 1 fully saturated rings. The summed E-state index contributed by atoms with van der Waals surface area (Å²) in [6, 6.07) is 11.8. The normalized spacial score (nSPS) is 13.9. The van der Waals surface area contributed by atoms with Gasteiger partial charge in [0, 0.05) is 54.0 Å². The van der Waals surface area contributed by atoms with Gasteiger partial charge in [0.25, 0.3) is 0 Å². The summed E-state index contributed by atoms with van der Waals surface area (Å²) in [6.07, 6.45) is 0. The Kier molecular flexibility index (Phi) is 5.77. The number of piperazine rings is 1. The molecule has 0 saturated carbocycles. The number of carbonyl (C=O) groups is 2. The average molecular weight is 443 g/mol. The van der Waals surface area contributed by atoms with Gasteiger partial charge in [-0.05, 0) is 42.5 Å². The maximum atomic E-state index is 13.0. The molecule has 0 spiro atoms. The molecule has 0 aliphatic carbocycles. The first-order valence-electron chi connectivity index (χ1n) is 9.62. The van der Waals surface area contributed by atoms with E-state index in [1.807, 2.05) is 6.07 Å². The first-order valence-corrected chi connectivity index (χ1v) is 10.00. The average Bonchev–Trinajstić information content (AvgIpc) is 2.74. The molecule has 1 aliphatic heterocycles. The molecule has 1 saturated heterocycles. The molecule has 1 aliphatic rings. The number of primary amides is 1. The molecule has 0 bridgehead atoms. The quantitative estimate of drug-likeness (QED) is 0.572. The number of fused-ring (bicyclic) bond motifs is 1. The summed E-state index contributed by atoms with van der Waals surface area (Å²) in [5, 5.41) is 6.70. The van der Waals surface area contributed by atoms with Crippen LogP contribution in [0.4, 0.5) is 31.2 Å². The molecule has 2 heterocycles. The van der Waals surface area contributed by atoms with Gasteiger partial charge in [-0.25, -0.2) is 19.0 Å². The molecule has 31 heavy (non-hydrogen) atoms. The van der Waals surface area contributed by atoms with E-state index >= 15 is 0 Å². The number of nitrogens with one attached hydrogen (secondary N) is 2. The molecule has 4 N–H and O–H groups in total. The van der Waals surface area contributed by atoms with Crippen molar-refractivity contribution >= 4 is 51.8 Å². The van der Waals surface area contributed by atoms with E-state index in [1.165, 1.54) is 24.3 Å². The maximum Gasteiger partial charge on any atom is 0.321 e. The van der Waals surface area contributed by atoms with Gasteiger partial charge in [-0.3, -0.25) is 5.32 Å². The second kappa shape index (κ2) is 8.65. The Labute approximate surface area is 182 Å². The number of nitrogens with two attached hydrogens (primary N) is 1. The molecule has 10 heteroatoms. The van der Waals surface area contributed by atoms with Crippen LogP contribution in [0.1, 0.15) is 0 Å². The first-order chi connectivity index (χ1) is 14.9. The van der Waals surface area contributed by atoms with Crippen LogP contribution in [0.2, 0.25) is 5.02 Å². The Balaban J connectivity index is 1.50. The number of urea groups is 2. The van der Waals surface area contributed by atoms with Gasteiger partial charge in [0.15, 0.2) is 0 Å². The molecule has 4 amide bonds. The molecule has 1 aromatic heterocycles. The van der Waals surface area contributed by atoms with Gasteiger partial charge in [-0.2, -0.15) is 0 Å². The van der Waals surface area contributed by atoms with Crippen molar-refractivity contribution in [2.45, 2.75) is 0 Å². The van der Waals surface area contributed by atoms with Crippen LogP contribution in [-0.2, 0) is 0 Å². The highest BCUT2D eigenvalue weighted by molar-refractivity contribution is 6.31. The van der Waals surface area contributed by atoms with Crippen LogP contribution in [0, 0.1) is 5.82 Å². The van der Waals surface area contributed by atoms with Crippen molar-refractivity contribution < 1.29 is 14.0 Å². The second-order valence-corrected chi connectivity index (χ2v) is 7.52. The zero-order valence-corrected chi connectivity index (χ0v) is 17.2. The van der Waals surface area contributed by atoms with Crippen LogP contribution >= 0.6 is 11.6 Å². The number of benzene rings is 2. The highest BCUT2D eigenvalue weighted by Crippen LogP contribution is 2.31. The number of aromatic nitrogens is 1. The number of rotatable bonds is 3. The zero-order chi connectivity index (χ0) is 22.0. The summed E-state index contributed by atoms with van der Waals surface area (Å²) in [4.78, 5) is 32.1. The molecule has 3 aromatic rings. The van der Waals surface area contributed by atoms with Gasteiger partial charge in [0.1, 0.15) is 11.6 Å².